The van der Waals surface area contributed by atoms with E-state index < -0.39 is 5.91 Å². The maximum Gasteiger partial charge on any atom is 0.333 e. The smallest absolute Gasteiger partial charge is 0.333 e. The number of hydrogen-bond acceptors (Lipinski definition) is 3. The summed E-state index contributed by atoms with van der Waals surface area (Å²) in [4.78, 5) is 25.3. The minimum Gasteiger partial charge on any atom is -0.335 e. The lowest BCUT2D eigenvalue weighted by molar-refractivity contribution is -0.124. The molecule has 0 aliphatic heterocycles. The van der Waals surface area contributed by atoms with Crippen LogP contribution in [0.4, 0.5) is 4.79 Å². The van der Waals surface area contributed by atoms with Crippen LogP contribution in [0.2, 0.25) is 0 Å². The van der Waals surface area contributed by atoms with E-state index in [9.17, 15) is 9.59 Å². The van der Waals surface area contributed by atoms with Crippen molar-refractivity contribution in [3.63, 3.8) is 0 Å². The Morgan fingerprint density at radius 3 is 2.05 bits per heavy atom. The maximum atomic E-state index is 12.4. The molecule has 110 valence electrons. The lowest BCUT2D eigenvalue weighted by Crippen LogP contribution is -2.52. The second-order valence-electron chi connectivity index (χ2n) is 5.86. The van der Waals surface area contributed by atoms with E-state index in [-0.39, 0.29) is 18.1 Å². The SMILES string of the molecule is N#CC(=O)N(C(=O)NC1CCCCC1)C1CCCCC1. The molecule has 2 saturated carbocycles. The lowest BCUT2D eigenvalue weighted by atomic mass is 9.94. The molecule has 5 nitrogen and oxygen atoms in total. The maximum absolute atomic E-state index is 12.4. The molecule has 0 aromatic carbocycles. The van der Waals surface area contributed by atoms with Gasteiger partial charge in [0.05, 0.1) is 0 Å². The second kappa shape index (κ2) is 7.28. The number of imide groups is 1. The van der Waals surface area contributed by atoms with E-state index in [2.05, 4.69) is 5.32 Å². The molecule has 3 amide bonds. The molecule has 0 aromatic heterocycles. The molecule has 0 heterocycles. The molecular weight excluding hydrogens is 254 g/mol. The number of urea groups is 1. The van der Waals surface area contributed by atoms with Crippen LogP contribution in [-0.2, 0) is 4.79 Å². The average molecular weight is 277 g/mol. The molecule has 0 spiro atoms. The number of carbonyl (C=O) groups excluding carboxylic acids is 2. The van der Waals surface area contributed by atoms with Crippen molar-refractivity contribution in [3.8, 4) is 6.07 Å². The summed E-state index contributed by atoms with van der Waals surface area (Å²) in [6.45, 7) is 0. The van der Waals surface area contributed by atoms with Gasteiger partial charge in [-0.1, -0.05) is 38.5 Å². The first kappa shape index (κ1) is 14.8. The minimum atomic E-state index is -0.717. The van der Waals surface area contributed by atoms with Gasteiger partial charge in [0.2, 0.25) is 0 Å². The monoisotopic (exact) mass is 277 g/mol. The molecule has 0 radical (unpaired) electrons. The first-order valence-electron chi connectivity index (χ1n) is 7.76. The lowest BCUT2D eigenvalue weighted by Gasteiger charge is -2.33. The highest BCUT2D eigenvalue weighted by Crippen LogP contribution is 2.24. The van der Waals surface area contributed by atoms with Crippen molar-refractivity contribution >= 4 is 11.9 Å². The van der Waals surface area contributed by atoms with E-state index >= 15 is 0 Å². The molecule has 0 atom stereocenters. The molecule has 2 aliphatic rings. The summed E-state index contributed by atoms with van der Waals surface area (Å²) in [5, 5.41) is 11.8. The van der Waals surface area contributed by atoms with Crippen LogP contribution in [0.15, 0.2) is 0 Å². The average Bonchev–Trinajstić information content (AvgIpc) is 2.49. The zero-order chi connectivity index (χ0) is 14.4. The van der Waals surface area contributed by atoms with E-state index in [1.165, 1.54) is 11.3 Å². The fraction of sp³-hybridized carbons (Fsp3) is 0.800. The predicted octanol–water partition coefficient (Wildman–Crippen LogP) is 2.71. The zero-order valence-electron chi connectivity index (χ0n) is 11.9. The first-order valence-corrected chi connectivity index (χ1v) is 7.76. The molecule has 2 rings (SSSR count). The highest BCUT2D eigenvalue weighted by atomic mass is 16.2. The molecule has 0 bridgehead atoms. The molecule has 20 heavy (non-hydrogen) atoms. The number of nitrogens with zero attached hydrogens (tertiary/aromatic N) is 2. The molecular formula is C15H23N3O2. The van der Waals surface area contributed by atoms with Gasteiger partial charge in [-0.2, -0.15) is 5.26 Å². The normalized spacial score (nSPS) is 20.9. The van der Waals surface area contributed by atoms with Crippen LogP contribution in [0.3, 0.4) is 0 Å². The Hall–Kier alpha value is -1.57. The van der Waals surface area contributed by atoms with Crippen LogP contribution in [0.1, 0.15) is 64.2 Å². The van der Waals surface area contributed by atoms with Gasteiger partial charge in [0.15, 0.2) is 6.07 Å². The van der Waals surface area contributed by atoms with Crippen LogP contribution in [-0.4, -0.2) is 28.9 Å². The summed E-state index contributed by atoms with van der Waals surface area (Å²) in [5.74, 6) is -0.717. The fourth-order valence-electron chi connectivity index (χ4n) is 3.31. The van der Waals surface area contributed by atoms with Gasteiger partial charge in [0.1, 0.15) is 0 Å². The summed E-state index contributed by atoms with van der Waals surface area (Å²) >= 11 is 0. The molecule has 0 saturated heterocycles. The van der Waals surface area contributed by atoms with Crippen molar-refractivity contribution in [2.45, 2.75) is 76.3 Å². The molecule has 5 heteroatoms. The van der Waals surface area contributed by atoms with Crippen molar-refractivity contribution in [1.29, 1.82) is 5.26 Å². The van der Waals surface area contributed by atoms with Crippen molar-refractivity contribution in [2.75, 3.05) is 0 Å². The number of amides is 3. The predicted molar refractivity (Wildman–Crippen MR) is 74.7 cm³/mol. The van der Waals surface area contributed by atoms with E-state index in [1.54, 1.807) is 6.07 Å². The number of nitriles is 1. The molecule has 2 aliphatic carbocycles. The van der Waals surface area contributed by atoms with E-state index in [0.29, 0.717) is 0 Å². The largest absolute Gasteiger partial charge is 0.335 e. The van der Waals surface area contributed by atoms with Gasteiger partial charge < -0.3 is 5.32 Å². The molecule has 1 N–H and O–H groups in total. The zero-order valence-corrected chi connectivity index (χ0v) is 11.9. The summed E-state index contributed by atoms with van der Waals surface area (Å²) in [6.07, 6.45) is 10.3. The summed E-state index contributed by atoms with van der Waals surface area (Å²) < 4.78 is 0. The topological polar surface area (TPSA) is 73.2 Å². The number of rotatable bonds is 2. The van der Waals surface area contributed by atoms with E-state index in [1.807, 2.05) is 0 Å². The molecule has 0 aromatic rings. The highest BCUT2D eigenvalue weighted by molar-refractivity contribution is 6.03. The third-order valence-electron chi connectivity index (χ3n) is 4.41. The molecule has 2 fully saturated rings. The molecule has 0 unspecified atom stereocenters. The quantitative estimate of drug-likeness (QED) is 0.789. The number of carbonyl (C=O) groups is 2. The van der Waals surface area contributed by atoms with Gasteiger partial charge in [-0.3, -0.25) is 4.79 Å². The van der Waals surface area contributed by atoms with E-state index in [0.717, 1.165) is 57.8 Å². The van der Waals surface area contributed by atoms with Crippen LogP contribution >= 0.6 is 0 Å². The Morgan fingerprint density at radius 2 is 1.50 bits per heavy atom. The van der Waals surface area contributed by atoms with Crippen LogP contribution in [0.25, 0.3) is 0 Å². The van der Waals surface area contributed by atoms with Gasteiger partial charge in [0.25, 0.3) is 0 Å². The minimum absolute atomic E-state index is 0.0977. The van der Waals surface area contributed by atoms with Gasteiger partial charge in [0, 0.05) is 12.1 Å². The Labute approximate surface area is 120 Å². The van der Waals surface area contributed by atoms with Crippen molar-refractivity contribution in [1.82, 2.24) is 10.2 Å². The Morgan fingerprint density at radius 1 is 0.950 bits per heavy atom. The van der Waals surface area contributed by atoms with Crippen molar-refractivity contribution < 1.29 is 9.59 Å². The number of nitrogens with one attached hydrogen (secondary N) is 1. The van der Waals surface area contributed by atoms with E-state index in [4.69, 9.17) is 5.26 Å². The Kier molecular flexibility index (Phi) is 5.40. The van der Waals surface area contributed by atoms with Crippen LogP contribution in [0, 0.1) is 11.3 Å². The Balaban J connectivity index is 1.99. The summed E-state index contributed by atoms with van der Waals surface area (Å²) in [7, 11) is 0. The summed E-state index contributed by atoms with van der Waals surface area (Å²) in [5.41, 5.74) is 0. The van der Waals surface area contributed by atoms with Crippen molar-refractivity contribution in [3.05, 3.63) is 0 Å². The van der Waals surface area contributed by atoms with Gasteiger partial charge in [-0.15, -0.1) is 0 Å². The second-order valence-corrected chi connectivity index (χ2v) is 5.86. The highest BCUT2D eigenvalue weighted by Gasteiger charge is 2.32. The van der Waals surface area contributed by atoms with Crippen LogP contribution in [0.5, 0.6) is 0 Å². The van der Waals surface area contributed by atoms with Crippen molar-refractivity contribution in [2.24, 2.45) is 0 Å². The third kappa shape index (κ3) is 3.72. The van der Waals surface area contributed by atoms with Crippen LogP contribution < -0.4 is 5.32 Å². The standard InChI is InChI=1S/C15H23N3O2/c16-11-14(19)18(13-9-5-2-6-10-13)15(20)17-12-7-3-1-4-8-12/h12-13H,1-10H2,(H,17,20). The van der Waals surface area contributed by atoms with Gasteiger partial charge in [-0.25, -0.2) is 9.69 Å². The Bertz CT molecular complexity index is 390. The summed E-state index contributed by atoms with van der Waals surface area (Å²) in [6, 6.07) is 1.30. The fourth-order valence-corrected chi connectivity index (χ4v) is 3.31. The van der Waals surface area contributed by atoms with Gasteiger partial charge in [-0.05, 0) is 25.7 Å². The third-order valence-corrected chi connectivity index (χ3v) is 4.41. The first-order chi connectivity index (χ1) is 9.72. The van der Waals surface area contributed by atoms with Gasteiger partial charge >= 0.3 is 11.9 Å². The number of hydrogen-bond donors (Lipinski definition) is 1.